The number of para-hydroxylation sites is 1. The highest BCUT2D eigenvalue weighted by atomic mass is 16.2. The molecule has 1 saturated heterocycles. The summed E-state index contributed by atoms with van der Waals surface area (Å²) in [6, 6.07) is 19.2. The number of carbonyl (C=O) groups is 2. The van der Waals surface area contributed by atoms with Gasteiger partial charge in [-0.1, -0.05) is 48.5 Å². The average molecular weight is 294 g/mol. The van der Waals surface area contributed by atoms with Gasteiger partial charge in [-0.05, 0) is 24.1 Å². The van der Waals surface area contributed by atoms with E-state index in [0.29, 0.717) is 19.5 Å². The minimum Gasteiger partial charge on any atom is -0.351 e. The zero-order chi connectivity index (χ0) is 15.4. The number of hydrogen-bond donors (Lipinski definition) is 1. The van der Waals surface area contributed by atoms with E-state index < -0.39 is 5.92 Å². The molecule has 0 aliphatic carbocycles. The molecule has 1 aliphatic heterocycles. The van der Waals surface area contributed by atoms with Gasteiger partial charge in [-0.15, -0.1) is 0 Å². The maximum Gasteiger partial charge on any atom is 0.239 e. The Bertz CT molecular complexity index is 655. The van der Waals surface area contributed by atoms with Gasteiger partial charge in [0, 0.05) is 18.8 Å². The topological polar surface area (TPSA) is 49.4 Å². The lowest BCUT2D eigenvalue weighted by Gasteiger charge is -2.16. The summed E-state index contributed by atoms with van der Waals surface area (Å²) in [4.78, 5) is 26.4. The Kier molecular flexibility index (Phi) is 4.19. The molecule has 4 heteroatoms. The van der Waals surface area contributed by atoms with E-state index >= 15 is 0 Å². The van der Waals surface area contributed by atoms with Crippen molar-refractivity contribution in [3.63, 3.8) is 0 Å². The minimum atomic E-state index is -0.580. The van der Waals surface area contributed by atoms with Crippen LogP contribution in [0.15, 0.2) is 60.7 Å². The van der Waals surface area contributed by atoms with E-state index in [-0.39, 0.29) is 11.8 Å². The second kappa shape index (κ2) is 6.43. The summed E-state index contributed by atoms with van der Waals surface area (Å²) in [7, 11) is 0. The first kappa shape index (κ1) is 14.3. The average Bonchev–Trinajstić information content (AvgIpc) is 2.96. The molecule has 2 aromatic rings. The fourth-order valence-electron chi connectivity index (χ4n) is 2.70. The lowest BCUT2D eigenvalue weighted by atomic mass is 10.1. The van der Waals surface area contributed by atoms with Crippen molar-refractivity contribution in [3.05, 3.63) is 66.2 Å². The van der Waals surface area contributed by atoms with Crippen LogP contribution in [0.3, 0.4) is 0 Å². The summed E-state index contributed by atoms with van der Waals surface area (Å²) in [5, 5.41) is 2.86. The molecule has 4 nitrogen and oxygen atoms in total. The maximum absolute atomic E-state index is 12.4. The third kappa shape index (κ3) is 3.01. The smallest absolute Gasteiger partial charge is 0.239 e. The standard InChI is InChI=1S/C18H18N2O2/c21-17(19-13-14-7-3-1-4-8-14)16-11-12-20(18(16)22)15-9-5-2-6-10-15/h1-10,16H,11-13H2,(H,19,21). The summed E-state index contributed by atoms with van der Waals surface area (Å²) < 4.78 is 0. The van der Waals surface area contributed by atoms with Gasteiger partial charge in [0.25, 0.3) is 0 Å². The molecule has 1 fully saturated rings. The first-order valence-corrected chi connectivity index (χ1v) is 7.44. The lowest BCUT2D eigenvalue weighted by Crippen LogP contribution is -2.36. The predicted octanol–water partition coefficient (Wildman–Crippen LogP) is 2.36. The van der Waals surface area contributed by atoms with Crippen molar-refractivity contribution in [2.24, 2.45) is 5.92 Å². The maximum atomic E-state index is 12.4. The second-order valence-electron chi connectivity index (χ2n) is 5.37. The SMILES string of the molecule is O=C(NCc1ccccc1)C1CCN(c2ccccc2)C1=O. The third-order valence-electron chi connectivity index (χ3n) is 3.90. The second-order valence-corrected chi connectivity index (χ2v) is 5.37. The molecular formula is C18H18N2O2. The van der Waals surface area contributed by atoms with Crippen molar-refractivity contribution in [1.82, 2.24) is 5.32 Å². The quantitative estimate of drug-likeness (QED) is 0.880. The molecule has 0 aromatic heterocycles. The number of nitrogens with zero attached hydrogens (tertiary/aromatic N) is 1. The van der Waals surface area contributed by atoms with E-state index in [2.05, 4.69) is 5.32 Å². The molecule has 2 amide bonds. The van der Waals surface area contributed by atoms with Crippen LogP contribution in [-0.4, -0.2) is 18.4 Å². The van der Waals surface area contributed by atoms with Crippen molar-refractivity contribution >= 4 is 17.5 Å². The Hall–Kier alpha value is -2.62. The predicted molar refractivity (Wildman–Crippen MR) is 85.2 cm³/mol. The zero-order valence-corrected chi connectivity index (χ0v) is 12.2. The van der Waals surface area contributed by atoms with Crippen molar-refractivity contribution < 1.29 is 9.59 Å². The lowest BCUT2D eigenvalue weighted by molar-refractivity contribution is -0.132. The van der Waals surface area contributed by atoms with Gasteiger partial charge in [0.2, 0.25) is 11.8 Å². The number of anilines is 1. The van der Waals surface area contributed by atoms with E-state index in [1.165, 1.54) is 0 Å². The van der Waals surface area contributed by atoms with Gasteiger partial charge in [0.15, 0.2) is 0 Å². The van der Waals surface area contributed by atoms with Gasteiger partial charge in [0.1, 0.15) is 5.92 Å². The molecule has 0 bridgehead atoms. The fourth-order valence-corrected chi connectivity index (χ4v) is 2.70. The molecule has 112 valence electrons. The number of benzene rings is 2. The monoisotopic (exact) mass is 294 g/mol. The highest BCUT2D eigenvalue weighted by molar-refractivity contribution is 6.09. The zero-order valence-electron chi connectivity index (χ0n) is 12.2. The Morgan fingerprint density at radius 3 is 2.36 bits per heavy atom. The summed E-state index contributed by atoms with van der Waals surface area (Å²) in [5.41, 5.74) is 1.88. The van der Waals surface area contributed by atoms with Gasteiger partial charge in [-0.3, -0.25) is 9.59 Å². The fraction of sp³-hybridized carbons (Fsp3) is 0.222. The first-order chi connectivity index (χ1) is 10.8. The Morgan fingerprint density at radius 2 is 1.68 bits per heavy atom. The van der Waals surface area contributed by atoms with Crippen LogP contribution in [0.1, 0.15) is 12.0 Å². The Balaban J connectivity index is 1.61. The highest BCUT2D eigenvalue weighted by Gasteiger charge is 2.37. The van der Waals surface area contributed by atoms with Gasteiger partial charge in [-0.25, -0.2) is 0 Å². The number of amides is 2. The van der Waals surface area contributed by atoms with Crippen LogP contribution in [0.25, 0.3) is 0 Å². The molecule has 1 atom stereocenters. The van der Waals surface area contributed by atoms with Gasteiger partial charge >= 0.3 is 0 Å². The van der Waals surface area contributed by atoms with Crippen LogP contribution in [0, 0.1) is 5.92 Å². The number of nitrogens with one attached hydrogen (secondary N) is 1. The van der Waals surface area contributed by atoms with E-state index in [9.17, 15) is 9.59 Å². The van der Waals surface area contributed by atoms with Gasteiger partial charge in [-0.2, -0.15) is 0 Å². The number of rotatable bonds is 4. The molecule has 22 heavy (non-hydrogen) atoms. The van der Waals surface area contributed by atoms with Crippen LogP contribution in [0.2, 0.25) is 0 Å². The summed E-state index contributed by atoms with van der Waals surface area (Å²) in [5.74, 6) is -0.882. The summed E-state index contributed by atoms with van der Waals surface area (Å²) in [6.45, 7) is 1.04. The van der Waals surface area contributed by atoms with Crippen molar-refractivity contribution in [2.45, 2.75) is 13.0 Å². The highest BCUT2D eigenvalue weighted by Crippen LogP contribution is 2.25. The molecular weight excluding hydrogens is 276 g/mol. The van der Waals surface area contributed by atoms with Crippen molar-refractivity contribution in [2.75, 3.05) is 11.4 Å². The molecule has 1 aliphatic rings. The third-order valence-corrected chi connectivity index (χ3v) is 3.90. The summed E-state index contributed by atoms with van der Waals surface area (Å²) in [6.07, 6.45) is 0.564. The van der Waals surface area contributed by atoms with Crippen LogP contribution in [0.5, 0.6) is 0 Å². The Morgan fingerprint density at radius 1 is 1.05 bits per heavy atom. The minimum absolute atomic E-state index is 0.114. The van der Waals surface area contributed by atoms with Crippen LogP contribution in [-0.2, 0) is 16.1 Å². The van der Waals surface area contributed by atoms with E-state index in [1.54, 1.807) is 4.90 Å². The molecule has 0 saturated carbocycles. The number of hydrogen-bond acceptors (Lipinski definition) is 2. The molecule has 1 unspecified atom stereocenters. The van der Waals surface area contributed by atoms with E-state index in [1.807, 2.05) is 60.7 Å². The number of carbonyl (C=O) groups excluding carboxylic acids is 2. The van der Waals surface area contributed by atoms with Gasteiger partial charge < -0.3 is 10.2 Å². The summed E-state index contributed by atoms with van der Waals surface area (Å²) >= 11 is 0. The first-order valence-electron chi connectivity index (χ1n) is 7.44. The van der Waals surface area contributed by atoms with Crippen LogP contribution < -0.4 is 10.2 Å². The largest absolute Gasteiger partial charge is 0.351 e. The van der Waals surface area contributed by atoms with Crippen molar-refractivity contribution in [1.29, 1.82) is 0 Å². The normalized spacial score (nSPS) is 17.5. The van der Waals surface area contributed by atoms with Gasteiger partial charge in [0.05, 0.1) is 0 Å². The van der Waals surface area contributed by atoms with Crippen LogP contribution in [0.4, 0.5) is 5.69 Å². The molecule has 3 rings (SSSR count). The molecule has 0 spiro atoms. The Labute approximate surface area is 129 Å². The molecule has 0 radical (unpaired) electrons. The molecule has 2 aromatic carbocycles. The van der Waals surface area contributed by atoms with Crippen LogP contribution >= 0.6 is 0 Å². The van der Waals surface area contributed by atoms with E-state index in [4.69, 9.17) is 0 Å². The molecule has 1 N–H and O–H groups in total. The molecule has 1 heterocycles. The van der Waals surface area contributed by atoms with E-state index in [0.717, 1.165) is 11.3 Å². The van der Waals surface area contributed by atoms with Crippen molar-refractivity contribution in [3.8, 4) is 0 Å².